The summed E-state index contributed by atoms with van der Waals surface area (Å²) < 4.78 is 1.98. The van der Waals surface area contributed by atoms with E-state index in [-0.39, 0.29) is 11.7 Å². The van der Waals surface area contributed by atoms with Gasteiger partial charge in [0.2, 0.25) is 5.91 Å². The third-order valence-corrected chi connectivity index (χ3v) is 5.29. The van der Waals surface area contributed by atoms with Gasteiger partial charge in [-0.1, -0.05) is 58.7 Å². The largest absolute Gasteiger partial charge is 0.369 e. The van der Waals surface area contributed by atoms with Crippen LogP contribution in [0.4, 0.5) is 0 Å². The first-order valence-electron chi connectivity index (χ1n) is 7.47. The molecule has 1 amide bonds. The van der Waals surface area contributed by atoms with Gasteiger partial charge in [-0.05, 0) is 31.2 Å². The van der Waals surface area contributed by atoms with Crippen LogP contribution in [0, 0.1) is 6.92 Å². The van der Waals surface area contributed by atoms with E-state index >= 15 is 0 Å². The number of primary amides is 1. The number of hydrogen-bond donors (Lipinski definition) is 1. The minimum Gasteiger partial charge on any atom is -0.369 e. The number of halogens is 2. The second kappa shape index (κ2) is 7.52. The Labute approximate surface area is 160 Å². The summed E-state index contributed by atoms with van der Waals surface area (Å²) in [5.41, 5.74) is 9.11. The lowest BCUT2D eigenvalue weighted by atomic mass is 10.1. The number of carbonyl (C=O) groups excluding carboxylic acids is 1. The maximum Gasteiger partial charge on any atom is 0.227 e. The van der Waals surface area contributed by atoms with Gasteiger partial charge in [0.25, 0.3) is 0 Å². The van der Waals surface area contributed by atoms with Gasteiger partial charge in [0, 0.05) is 11.3 Å². The zero-order valence-corrected chi connectivity index (χ0v) is 15.7. The molecule has 0 saturated carbocycles. The standard InChI is InChI=1S/C18H15Cl2N3OS/c1-11-2-5-13(6-3-11)23-16(9-22-18(23)25-10-17(21)24)12-4-7-14(19)15(20)8-12/h2-9H,10H2,1H3,(H2,21,24). The molecule has 1 heterocycles. The molecule has 2 aromatic carbocycles. The molecule has 1 aromatic heterocycles. The average molecular weight is 392 g/mol. The van der Waals surface area contributed by atoms with Crippen molar-refractivity contribution in [2.45, 2.75) is 12.1 Å². The molecule has 0 aliphatic rings. The fourth-order valence-corrected chi connectivity index (χ4v) is 3.40. The predicted octanol–water partition coefficient (Wildman–Crippen LogP) is 4.73. The van der Waals surface area contributed by atoms with Crippen LogP contribution in [-0.4, -0.2) is 21.2 Å². The SMILES string of the molecule is Cc1ccc(-n2c(-c3ccc(Cl)c(Cl)c3)cnc2SCC(N)=O)cc1. The van der Waals surface area contributed by atoms with Gasteiger partial charge < -0.3 is 5.73 Å². The summed E-state index contributed by atoms with van der Waals surface area (Å²) in [5.74, 6) is -0.233. The minimum absolute atomic E-state index is 0.156. The Hall–Kier alpha value is -1.95. The van der Waals surface area contributed by atoms with E-state index in [2.05, 4.69) is 4.98 Å². The molecule has 0 atom stereocenters. The lowest BCUT2D eigenvalue weighted by Gasteiger charge is -2.12. The number of hydrogen-bond acceptors (Lipinski definition) is 3. The van der Waals surface area contributed by atoms with Crippen molar-refractivity contribution < 1.29 is 4.79 Å². The quantitative estimate of drug-likeness (QED) is 0.639. The highest BCUT2D eigenvalue weighted by atomic mass is 35.5. The third kappa shape index (κ3) is 4.00. The Morgan fingerprint density at radius 3 is 2.52 bits per heavy atom. The predicted molar refractivity (Wildman–Crippen MR) is 104 cm³/mol. The summed E-state index contributed by atoms with van der Waals surface area (Å²) in [7, 11) is 0. The summed E-state index contributed by atoms with van der Waals surface area (Å²) in [6.45, 7) is 2.03. The molecule has 2 N–H and O–H groups in total. The van der Waals surface area contributed by atoms with Crippen molar-refractivity contribution in [2.24, 2.45) is 5.73 Å². The van der Waals surface area contributed by atoms with E-state index in [9.17, 15) is 4.79 Å². The molecule has 0 saturated heterocycles. The summed E-state index contributed by atoms with van der Waals surface area (Å²) in [4.78, 5) is 15.6. The van der Waals surface area contributed by atoms with Crippen molar-refractivity contribution >= 4 is 40.9 Å². The smallest absolute Gasteiger partial charge is 0.227 e. The number of aromatic nitrogens is 2. The first-order valence-corrected chi connectivity index (χ1v) is 9.21. The number of carbonyl (C=O) groups is 1. The molecule has 0 bridgehead atoms. The van der Waals surface area contributed by atoms with Crippen molar-refractivity contribution in [3.05, 3.63) is 64.3 Å². The number of nitrogens with two attached hydrogens (primary N) is 1. The lowest BCUT2D eigenvalue weighted by Crippen LogP contribution is -2.13. The van der Waals surface area contributed by atoms with Crippen LogP contribution in [0.5, 0.6) is 0 Å². The van der Waals surface area contributed by atoms with Gasteiger partial charge in [-0.15, -0.1) is 0 Å². The lowest BCUT2D eigenvalue weighted by molar-refractivity contribution is -0.115. The van der Waals surface area contributed by atoms with Crippen molar-refractivity contribution in [2.75, 3.05) is 5.75 Å². The van der Waals surface area contributed by atoms with E-state index in [0.717, 1.165) is 22.5 Å². The molecule has 0 aliphatic heterocycles. The Balaban J connectivity index is 2.12. The number of rotatable bonds is 5. The average Bonchev–Trinajstić information content (AvgIpc) is 3.00. The van der Waals surface area contributed by atoms with Gasteiger partial charge in [0.15, 0.2) is 5.16 Å². The van der Waals surface area contributed by atoms with Crippen LogP contribution < -0.4 is 5.73 Å². The Bertz CT molecular complexity index is 923. The fourth-order valence-electron chi connectivity index (χ4n) is 2.37. The first kappa shape index (κ1) is 17.9. The van der Waals surface area contributed by atoms with Gasteiger partial charge in [-0.3, -0.25) is 9.36 Å². The fraction of sp³-hybridized carbons (Fsp3) is 0.111. The Morgan fingerprint density at radius 2 is 1.88 bits per heavy atom. The third-order valence-electron chi connectivity index (χ3n) is 3.58. The van der Waals surface area contributed by atoms with Crippen molar-refractivity contribution in [3.8, 4) is 16.9 Å². The maximum absolute atomic E-state index is 11.2. The highest BCUT2D eigenvalue weighted by Crippen LogP contribution is 2.33. The Kier molecular flexibility index (Phi) is 5.37. The molecule has 0 spiro atoms. The van der Waals surface area contributed by atoms with Crippen molar-refractivity contribution in [3.63, 3.8) is 0 Å². The minimum atomic E-state index is -0.389. The molecule has 3 rings (SSSR count). The molecule has 0 radical (unpaired) electrons. The molecule has 0 fully saturated rings. The summed E-state index contributed by atoms with van der Waals surface area (Å²) in [6.07, 6.45) is 1.75. The normalized spacial score (nSPS) is 10.8. The van der Waals surface area contributed by atoms with Crippen LogP contribution in [0.15, 0.2) is 53.8 Å². The summed E-state index contributed by atoms with van der Waals surface area (Å²) >= 11 is 13.5. The second-order valence-corrected chi connectivity index (χ2v) is 7.24. The first-order chi connectivity index (χ1) is 12.0. The zero-order valence-electron chi connectivity index (χ0n) is 13.4. The summed E-state index contributed by atoms with van der Waals surface area (Å²) in [6, 6.07) is 13.5. The van der Waals surface area contributed by atoms with E-state index in [0.29, 0.717) is 15.2 Å². The number of imidazole rings is 1. The van der Waals surface area contributed by atoms with Crippen LogP contribution in [0.3, 0.4) is 0 Å². The number of amides is 1. The highest BCUT2D eigenvalue weighted by Gasteiger charge is 2.15. The summed E-state index contributed by atoms with van der Waals surface area (Å²) in [5, 5.41) is 1.65. The van der Waals surface area contributed by atoms with Crippen LogP contribution in [-0.2, 0) is 4.79 Å². The van der Waals surface area contributed by atoms with Gasteiger partial charge in [-0.25, -0.2) is 4.98 Å². The molecular formula is C18H15Cl2N3OS. The number of benzene rings is 2. The van der Waals surface area contributed by atoms with Gasteiger partial charge in [0.05, 0.1) is 27.7 Å². The monoisotopic (exact) mass is 391 g/mol. The molecule has 4 nitrogen and oxygen atoms in total. The number of aryl methyl sites for hydroxylation is 1. The Morgan fingerprint density at radius 1 is 1.16 bits per heavy atom. The van der Waals surface area contributed by atoms with Crippen molar-refractivity contribution in [1.82, 2.24) is 9.55 Å². The van der Waals surface area contributed by atoms with E-state index in [1.165, 1.54) is 11.8 Å². The van der Waals surface area contributed by atoms with E-state index in [4.69, 9.17) is 28.9 Å². The van der Waals surface area contributed by atoms with Crippen LogP contribution >= 0.6 is 35.0 Å². The highest BCUT2D eigenvalue weighted by molar-refractivity contribution is 7.99. The zero-order chi connectivity index (χ0) is 18.0. The van der Waals surface area contributed by atoms with E-state index in [1.54, 1.807) is 18.3 Å². The molecule has 7 heteroatoms. The number of thioether (sulfide) groups is 1. The second-order valence-electron chi connectivity index (χ2n) is 5.48. The molecule has 25 heavy (non-hydrogen) atoms. The molecule has 0 unspecified atom stereocenters. The molecule has 128 valence electrons. The van der Waals surface area contributed by atoms with Crippen LogP contribution in [0.25, 0.3) is 16.9 Å². The van der Waals surface area contributed by atoms with Crippen LogP contribution in [0.1, 0.15) is 5.56 Å². The van der Waals surface area contributed by atoms with Gasteiger partial charge in [0.1, 0.15) is 0 Å². The molecule has 3 aromatic rings. The topological polar surface area (TPSA) is 60.9 Å². The van der Waals surface area contributed by atoms with Gasteiger partial charge >= 0.3 is 0 Å². The van der Waals surface area contributed by atoms with Crippen molar-refractivity contribution in [1.29, 1.82) is 0 Å². The van der Waals surface area contributed by atoms with E-state index in [1.807, 2.05) is 41.8 Å². The molecular weight excluding hydrogens is 377 g/mol. The number of nitrogens with zero attached hydrogens (tertiary/aromatic N) is 2. The van der Waals surface area contributed by atoms with Crippen LogP contribution in [0.2, 0.25) is 10.0 Å². The molecule has 0 aliphatic carbocycles. The van der Waals surface area contributed by atoms with E-state index < -0.39 is 0 Å². The maximum atomic E-state index is 11.2. The van der Waals surface area contributed by atoms with Gasteiger partial charge in [-0.2, -0.15) is 0 Å².